The predicted molar refractivity (Wildman–Crippen MR) is 110 cm³/mol. The van der Waals surface area contributed by atoms with E-state index in [0.717, 1.165) is 23.4 Å². The van der Waals surface area contributed by atoms with E-state index in [-0.39, 0.29) is 5.82 Å². The first-order valence-electron chi connectivity index (χ1n) is 9.42. The average molecular weight is 380 g/mol. The van der Waals surface area contributed by atoms with E-state index in [4.69, 9.17) is 4.42 Å². The minimum absolute atomic E-state index is 0.249. The third kappa shape index (κ3) is 5.67. The normalized spacial score (nSPS) is 11.5. The molecule has 3 aromatic rings. The van der Waals surface area contributed by atoms with Crippen molar-refractivity contribution in [1.29, 1.82) is 0 Å². The zero-order valence-electron chi connectivity index (χ0n) is 16.2. The molecule has 0 unspecified atom stereocenters. The number of hydrogen-bond donors (Lipinski definition) is 2. The highest BCUT2D eigenvalue weighted by molar-refractivity contribution is 5.79. The Hall–Kier alpha value is -3.15. The molecule has 0 aliphatic heterocycles. The van der Waals surface area contributed by atoms with Crippen molar-refractivity contribution >= 4 is 5.96 Å². The van der Waals surface area contributed by atoms with Crippen LogP contribution in [0.25, 0.3) is 11.5 Å². The van der Waals surface area contributed by atoms with E-state index in [1.165, 1.54) is 17.7 Å². The van der Waals surface area contributed by atoms with Gasteiger partial charge in [-0.3, -0.25) is 0 Å². The summed E-state index contributed by atoms with van der Waals surface area (Å²) in [6.07, 6.45) is 2.40. The number of rotatable bonds is 7. The molecule has 0 amide bonds. The van der Waals surface area contributed by atoms with Crippen molar-refractivity contribution in [1.82, 2.24) is 15.6 Å². The van der Waals surface area contributed by atoms with E-state index >= 15 is 0 Å². The van der Waals surface area contributed by atoms with Crippen molar-refractivity contribution in [2.75, 3.05) is 13.1 Å². The summed E-state index contributed by atoms with van der Waals surface area (Å²) in [6.45, 7) is 5.87. The van der Waals surface area contributed by atoms with Gasteiger partial charge in [-0.1, -0.05) is 29.8 Å². The number of aliphatic imine (C=N–C) groups is 1. The lowest BCUT2D eigenvalue weighted by Crippen LogP contribution is -2.38. The molecule has 28 heavy (non-hydrogen) atoms. The summed E-state index contributed by atoms with van der Waals surface area (Å²) < 4.78 is 18.9. The summed E-state index contributed by atoms with van der Waals surface area (Å²) in [7, 11) is 0. The molecule has 0 aliphatic rings. The first-order chi connectivity index (χ1) is 13.6. The zero-order chi connectivity index (χ0) is 19.8. The largest absolute Gasteiger partial charge is 0.444 e. The number of nitrogens with zero attached hydrogens (tertiary/aromatic N) is 2. The molecule has 0 fully saturated rings. The smallest absolute Gasteiger partial charge is 0.226 e. The van der Waals surface area contributed by atoms with Gasteiger partial charge in [-0.15, -0.1) is 0 Å². The second-order valence-electron chi connectivity index (χ2n) is 6.51. The van der Waals surface area contributed by atoms with Gasteiger partial charge in [0.1, 0.15) is 12.1 Å². The van der Waals surface area contributed by atoms with E-state index in [9.17, 15) is 4.39 Å². The average Bonchev–Trinajstić information content (AvgIpc) is 3.15. The molecule has 0 atom stereocenters. The van der Waals surface area contributed by atoms with Crippen molar-refractivity contribution < 1.29 is 8.81 Å². The van der Waals surface area contributed by atoms with Gasteiger partial charge in [0.15, 0.2) is 5.96 Å². The fourth-order valence-corrected chi connectivity index (χ4v) is 2.71. The lowest BCUT2D eigenvalue weighted by Gasteiger charge is -2.10. The Morgan fingerprint density at radius 3 is 2.71 bits per heavy atom. The highest BCUT2D eigenvalue weighted by Gasteiger charge is 2.07. The molecule has 0 spiro atoms. The first-order valence-corrected chi connectivity index (χ1v) is 9.42. The van der Waals surface area contributed by atoms with Crippen LogP contribution in [-0.4, -0.2) is 24.0 Å². The molecular weight excluding hydrogens is 355 g/mol. The lowest BCUT2D eigenvalue weighted by atomic mass is 10.1. The molecular formula is C22H25FN4O. The highest BCUT2D eigenvalue weighted by atomic mass is 19.1. The van der Waals surface area contributed by atoms with Crippen LogP contribution in [0.4, 0.5) is 4.39 Å². The lowest BCUT2D eigenvalue weighted by molar-refractivity contribution is 0.572. The summed E-state index contributed by atoms with van der Waals surface area (Å²) in [5, 5.41) is 6.47. The molecule has 6 heteroatoms. The Morgan fingerprint density at radius 2 is 1.96 bits per heavy atom. The summed E-state index contributed by atoms with van der Waals surface area (Å²) in [5.74, 6) is 1.07. The van der Waals surface area contributed by atoms with E-state index in [1.807, 2.05) is 44.2 Å². The van der Waals surface area contributed by atoms with Crippen LogP contribution in [0, 0.1) is 12.7 Å². The molecule has 1 heterocycles. The standard InChI is InChI=1S/C22H25FN4O/c1-3-24-22(26-14-17-5-4-6-19(23)13-17)25-12-11-20-15-28-21(27-20)18-9-7-16(2)8-10-18/h4-10,13,15H,3,11-12,14H2,1-2H3,(H2,24,25,26). The molecule has 0 aliphatic carbocycles. The molecule has 0 bridgehead atoms. The van der Waals surface area contributed by atoms with Gasteiger partial charge in [0.2, 0.25) is 5.89 Å². The number of hydrogen-bond acceptors (Lipinski definition) is 3. The Kier molecular flexibility index (Phi) is 6.78. The minimum atomic E-state index is -0.249. The SMILES string of the molecule is CCNC(=NCc1cccc(F)c1)NCCc1coc(-c2ccc(C)cc2)n1. The van der Waals surface area contributed by atoms with Crippen molar-refractivity contribution in [2.24, 2.45) is 4.99 Å². The molecule has 2 aromatic carbocycles. The predicted octanol–water partition coefficient (Wildman–Crippen LogP) is 4.09. The molecule has 146 valence electrons. The van der Waals surface area contributed by atoms with Gasteiger partial charge in [-0.25, -0.2) is 14.4 Å². The van der Waals surface area contributed by atoms with E-state index in [1.54, 1.807) is 12.3 Å². The van der Waals surface area contributed by atoms with E-state index in [0.29, 0.717) is 31.4 Å². The minimum Gasteiger partial charge on any atom is -0.444 e. The maximum atomic E-state index is 13.3. The van der Waals surface area contributed by atoms with Crippen LogP contribution in [0.15, 0.2) is 64.2 Å². The number of aryl methyl sites for hydroxylation is 1. The third-order valence-corrected chi connectivity index (χ3v) is 4.18. The fourth-order valence-electron chi connectivity index (χ4n) is 2.71. The molecule has 5 nitrogen and oxygen atoms in total. The fraction of sp³-hybridized carbons (Fsp3) is 0.273. The van der Waals surface area contributed by atoms with Crippen molar-refractivity contribution in [3.8, 4) is 11.5 Å². The van der Waals surface area contributed by atoms with Crippen LogP contribution in [0.5, 0.6) is 0 Å². The molecule has 0 radical (unpaired) electrons. The highest BCUT2D eigenvalue weighted by Crippen LogP contribution is 2.19. The van der Waals surface area contributed by atoms with Gasteiger partial charge in [-0.2, -0.15) is 0 Å². The maximum Gasteiger partial charge on any atom is 0.226 e. The molecule has 0 saturated carbocycles. The Morgan fingerprint density at radius 1 is 1.14 bits per heavy atom. The van der Waals surface area contributed by atoms with Gasteiger partial charge in [0.25, 0.3) is 0 Å². The van der Waals surface area contributed by atoms with Crippen molar-refractivity contribution in [3.05, 3.63) is 77.4 Å². The summed E-state index contributed by atoms with van der Waals surface area (Å²) >= 11 is 0. The number of nitrogens with one attached hydrogen (secondary N) is 2. The Bertz CT molecular complexity index is 918. The molecule has 1 aromatic heterocycles. The molecule has 3 rings (SSSR count). The Balaban J connectivity index is 1.54. The van der Waals surface area contributed by atoms with Gasteiger partial charge >= 0.3 is 0 Å². The topological polar surface area (TPSA) is 62.5 Å². The number of guanidine groups is 1. The van der Waals surface area contributed by atoms with Gasteiger partial charge in [-0.05, 0) is 43.7 Å². The number of oxazole rings is 1. The van der Waals surface area contributed by atoms with Gasteiger partial charge in [0.05, 0.1) is 12.2 Å². The summed E-state index contributed by atoms with van der Waals surface area (Å²) in [4.78, 5) is 9.05. The summed E-state index contributed by atoms with van der Waals surface area (Å²) in [6, 6.07) is 14.6. The van der Waals surface area contributed by atoms with Gasteiger partial charge < -0.3 is 15.1 Å². The monoisotopic (exact) mass is 380 g/mol. The van der Waals surface area contributed by atoms with Crippen LogP contribution in [0.2, 0.25) is 0 Å². The van der Waals surface area contributed by atoms with Crippen LogP contribution in [0.3, 0.4) is 0 Å². The number of benzene rings is 2. The second kappa shape index (κ2) is 9.69. The van der Waals surface area contributed by atoms with Crippen LogP contribution >= 0.6 is 0 Å². The number of aromatic nitrogens is 1. The molecule has 0 saturated heterocycles. The number of halogens is 1. The molecule has 2 N–H and O–H groups in total. The first kappa shape index (κ1) is 19.6. The van der Waals surface area contributed by atoms with E-state index < -0.39 is 0 Å². The third-order valence-electron chi connectivity index (χ3n) is 4.18. The van der Waals surface area contributed by atoms with Gasteiger partial charge in [0, 0.05) is 25.1 Å². The van der Waals surface area contributed by atoms with Crippen molar-refractivity contribution in [3.63, 3.8) is 0 Å². The van der Waals surface area contributed by atoms with Crippen LogP contribution < -0.4 is 10.6 Å². The quantitative estimate of drug-likeness (QED) is 0.479. The van der Waals surface area contributed by atoms with Crippen molar-refractivity contribution in [2.45, 2.75) is 26.8 Å². The summed E-state index contributed by atoms with van der Waals surface area (Å²) in [5.41, 5.74) is 3.88. The second-order valence-corrected chi connectivity index (χ2v) is 6.51. The Labute approximate surface area is 164 Å². The zero-order valence-corrected chi connectivity index (χ0v) is 16.2. The van der Waals surface area contributed by atoms with Crippen LogP contribution in [-0.2, 0) is 13.0 Å². The van der Waals surface area contributed by atoms with E-state index in [2.05, 4.69) is 20.6 Å². The van der Waals surface area contributed by atoms with Crippen LogP contribution in [0.1, 0.15) is 23.7 Å². The maximum absolute atomic E-state index is 13.3.